The van der Waals surface area contributed by atoms with Gasteiger partial charge in [0.25, 0.3) is 5.91 Å². The molecule has 0 saturated carbocycles. The molecule has 0 aliphatic carbocycles. The topological polar surface area (TPSA) is 111 Å². The fourth-order valence-corrected chi connectivity index (χ4v) is 4.29. The fourth-order valence-electron chi connectivity index (χ4n) is 4.10. The van der Waals surface area contributed by atoms with Crippen molar-refractivity contribution in [3.63, 3.8) is 0 Å². The molecule has 0 atom stereocenters. The van der Waals surface area contributed by atoms with Crippen molar-refractivity contribution in [1.82, 2.24) is 15.0 Å². The number of carbonyl (C=O) groups excluding carboxylic acids is 2. The molecule has 0 unspecified atom stereocenters. The van der Waals surface area contributed by atoms with E-state index in [1.54, 1.807) is 73.2 Å². The van der Waals surface area contributed by atoms with Crippen LogP contribution in [0, 0.1) is 0 Å². The SMILES string of the molecule is C.Nc1ccccc1NC(=O)c1ccc(C(=O)Cc2ccc(Cl)c(Cc3nccc(-c4cccnc4)n3)c2)cc1. The maximum atomic E-state index is 13.0. The van der Waals surface area contributed by atoms with E-state index in [0.29, 0.717) is 39.8 Å². The monoisotopic (exact) mass is 549 g/mol. The Morgan fingerprint density at radius 3 is 2.40 bits per heavy atom. The molecule has 40 heavy (non-hydrogen) atoms. The molecule has 1 amide bonds. The van der Waals surface area contributed by atoms with Gasteiger partial charge in [-0.25, -0.2) is 9.97 Å². The number of rotatable bonds is 8. The number of nitrogens with one attached hydrogen (secondary N) is 1. The molecule has 0 bridgehead atoms. The Kier molecular flexibility index (Phi) is 8.99. The van der Waals surface area contributed by atoms with Crippen LogP contribution < -0.4 is 11.1 Å². The predicted octanol–water partition coefficient (Wildman–Crippen LogP) is 6.68. The fraction of sp³-hybridized carbons (Fsp3) is 0.0938. The summed E-state index contributed by atoms with van der Waals surface area (Å²) in [6.07, 6.45) is 5.79. The van der Waals surface area contributed by atoms with Gasteiger partial charge in [0, 0.05) is 53.1 Å². The quantitative estimate of drug-likeness (QED) is 0.165. The first-order chi connectivity index (χ1) is 19.0. The highest BCUT2D eigenvalue weighted by atomic mass is 35.5. The van der Waals surface area contributed by atoms with Crippen molar-refractivity contribution < 1.29 is 9.59 Å². The Labute approximate surface area is 238 Å². The Balaban J connectivity index is 0.00000370. The molecule has 8 heteroatoms. The number of Topliss-reactive ketones (excluding diaryl/α,β-unsaturated/α-hetero) is 1. The summed E-state index contributed by atoms with van der Waals surface area (Å²) in [4.78, 5) is 38.8. The van der Waals surface area contributed by atoms with Gasteiger partial charge in [-0.1, -0.05) is 55.4 Å². The number of aromatic nitrogens is 3. The van der Waals surface area contributed by atoms with Crippen LogP contribution in [-0.2, 0) is 12.8 Å². The van der Waals surface area contributed by atoms with E-state index in [1.807, 2.05) is 30.3 Å². The van der Waals surface area contributed by atoms with Crippen LogP contribution >= 0.6 is 11.6 Å². The van der Waals surface area contributed by atoms with Gasteiger partial charge in [-0.3, -0.25) is 14.6 Å². The number of benzene rings is 3. The summed E-state index contributed by atoms with van der Waals surface area (Å²) in [6, 6.07) is 24.8. The summed E-state index contributed by atoms with van der Waals surface area (Å²) in [5.41, 5.74) is 11.2. The molecule has 3 aromatic carbocycles. The summed E-state index contributed by atoms with van der Waals surface area (Å²) in [7, 11) is 0. The highest BCUT2D eigenvalue weighted by Gasteiger charge is 2.13. The van der Waals surface area contributed by atoms with Crippen molar-refractivity contribution >= 4 is 34.7 Å². The molecule has 0 radical (unpaired) electrons. The Morgan fingerprint density at radius 2 is 1.65 bits per heavy atom. The third kappa shape index (κ3) is 6.76. The van der Waals surface area contributed by atoms with Gasteiger partial charge in [0.05, 0.1) is 17.1 Å². The first-order valence-corrected chi connectivity index (χ1v) is 12.6. The maximum absolute atomic E-state index is 13.0. The average Bonchev–Trinajstić information content (AvgIpc) is 2.97. The number of pyridine rings is 1. The molecule has 2 heterocycles. The highest BCUT2D eigenvalue weighted by molar-refractivity contribution is 6.31. The zero-order chi connectivity index (χ0) is 27.2. The Hall–Kier alpha value is -4.88. The molecule has 7 nitrogen and oxygen atoms in total. The number of hydrogen-bond donors (Lipinski definition) is 2. The van der Waals surface area contributed by atoms with Gasteiger partial charge in [0.2, 0.25) is 0 Å². The second kappa shape index (κ2) is 12.8. The average molecular weight is 550 g/mol. The van der Waals surface area contributed by atoms with E-state index in [4.69, 9.17) is 17.3 Å². The van der Waals surface area contributed by atoms with E-state index in [2.05, 4.69) is 20.3 Å². The van der Waals surface area contributed by atoms with Gasteiger partial charge >= 0.3 is 0 Å². The molecule has 0 fully saturated rings. The molecule has 3 N–H and O–H groups in total. The molecule has 0 saturated heterocycles. The largest absolute Gasteiger partial charge is 0.397 e. The number of amides is 1. The zero-order valence-electron chi connectivity index (χ0n) is 20.8. The summed E-state index contributed by atoms with van der Waals surface area (Å²) in [6.45, 7) is 0. The van der Waals surface area contributed by atoms with Crippen molar-refractivity contribution in [1.29, 1.82) is 0 Å². The van der Waals surface area contributed by atoms with Crippen LogP contribution in [0.25, 0.3) is 11.3 Å². The molecule has 0 aliphatic rings. The molecular formula is C32H28ClN5O2. The van der Waals surface area contributed by atoms with Crippen LogP contribution in [0.4, 0.5) is 11.4 Å². The summed E-state index contributed by atoms with van der Waals surface area (Å²) in [5, 5.41) is 3.36. The number of hydrogen-bond acceptors (Lipinski definition) is 6. The van der Waals surface area contributed by atoms with Crippen LogP contribution in [-0.4, -0.2) is 26.6 Å². The lowest BCUT2D eigenvalue weighted by atomic mass is 9.99. The van der Waals surface area contributed by atoms with E-state index >= 15 is 0 Å². The van der Waals surface area contributed by atoms with Gasteiger partial charge in [-0.2, -0.15) is 0 Å². The van der Waals surface area contributed by atoms with Crippen LogP contribution in [0.15, 0.2) is 104 Å². The number of carbonyl (C=O) groups is 2. The van der Waals surface area contributed by atoms with Crippen molar-refractivity contribution in [3.05, 3.63) is 137 Å². The smallest absolute Gasteiger partial charge is 0.255 e. The first kappa shape index (κ1) is 28.1. The predicted molar refractivity (Wildman–Crippen MR) is 160 cm³/mol. The molecule has 5 aromatic rings. The van der Waals surface area contributed by atoms with Crippen LogP contribution in [0.3, 0.4) is 0 Å². The van der Waals surface area contributed by atoms with Gasteiger partial charge in [-0.05, 0) is 59.7 Å². The van der Waals surface area contributed by atoms with Crippen LogP contribution in [0.1, 0.15) is 45.1 Å². The number of nitrogens with zero attached hydrogens (tertiary/aromatic N) is 3. The van der Waals surface area contributed by atoms with Gasteiger partial charge in [0.15, 0.2) is 5.78 Å². The van der Waals surface area contributed by atoms with Crippen molar-refractivity contribution in [2.45, 2.75) is 20.3 Å². The highest BCUT2D eigenvalue weighted by Crippen LogP contribution is 2.23. The normalized spacial score (nSPS) is 10.4. The van der Waals surface area contributed by atoms with Crippen molar-refractivity contribution in [2.24, 2.45) is 0 Å². The third-order valence-electron chi connectivity index (χ3n) is 6.16. The molecule has 200 valence electrons. The molecule has 5 rings (SSSR count). The second-order valence-electron chi connectivity index (χ2n) is 8.92. The second-order valence-corrected chi connectivity index (χ2v) is 9.33. The molecule has 0 aliphatic heterocycles. The maximum Gasteiger partial charge on any atom is 0.255 e. The number of anilines is 2. The minimum Gasteiger partial charge on any atom is -0.397 e. The number of halogens is 1. The molecule has 0 spiro atoms. The van der Waals surface area contributed by atoms with Crippen molar-refractivity contribution in [3.8, 4) is 11.3 Å². The van der Waals surface area contributed by atoms with Crippen LogP contribution in [0.5, 0.6) is 0 Å². The minimum atomic E-state index is -0.302. The Bertz CT molecular complexity index is 1640. The first-order valence-electron chi connectivity index (χ1n) is 12.2. The summed E-state index contributed by atoms with van der Waals surface area (Å²) < 4.78 is 0. The van der Waals surface area contributed by atoms with E-state index in [0.717, 1.165) is 22.4 Å². The number of nitrogens with two attached hydrogens (primary N) is 1. The zero-order valence-corrected chi connectivity index (χ0v) is 21.6. The number of ketones is 1. The molecular weight excluding hydrogens is 522 g/mol. The lowest BCUT2D eigenvalue weighted by Crippen LogP contribution is -2.13. The Morgan fingerprint density at radius 1 is 0.875 bits per heavy atom. The lowest BCUT2D eigenvalue weighted by molar-refractivity contribution is 0.0989. The van der Waals surface area contributed by atoms with Gasteiger partial charge < -0.3 is 11.1 Å². The van der Waals surface area contributed by atoms with E-state index < -0.39 is 0 Å². The van der Waals surface area contributed by atoms with E-state index in [9.17, 15) is 9.59 Å². The van der Waals surface area contributed by atoms with Crippen molar-refractivity contribution in [2.75, 3.05) is 11.1 Å². The third-order valence-corrected chi connectivity index (χ3v) is 6.53. The minimum absolute atomic E-state index is 0. The number of nitrogen functional groups attached to an aromatic ring is 1. The molecule has 2 aromatic heterocycles. The van der Waals surface area contributed by atoms with Crippen LogP contribution in [0.2, 0.25) is 5.02 Å². The standard InChI is InChI=1S/C31H24ClN5O2.CH4/c32-25-12-7-20(16-24(25)18-30-35-15-13-27(36-30)23-4-3-14-34-19-23)17-29(38)21-8-10-22(11-9-21)31(39)37-28-6-2-1-5-26(28)33;/h1-16,19H,17-18,33H2,(H,37,39);1H4. The van der Waals surface area contributed by atoms with E-state index in [-0.39, 0.29) is 25.5 Å². The van der Waals surface area contributed by atoms with Gasteiger partial charge in [-0.15, -0.1) is 0 Å². The summed E-state index contributed by atoms with van der Waals surface area (Å²) in [5.74, 6) is 0.245. The summed E-state index contributed by atoms with van der Waals surface area (Å²) >= 11 is 6.48. The number of para-hydroxylation sites is 2. The van der Waals surface area contributed by atoms with E-state index in [1.165, 1.54) is 0 Å². The lowest BCUT2D eigenvalue weighted by Gasteiger charge is -2.09. The van der Waals surface area contributed by atoms with Gasteiger partial charge in [0.1, 0.15) is 5.82 Å².